The molecule has 0 aliphatic rings. The fourth-order valence-corrected chi connectivity index (χ4v) is 2.36. The van der Waals surface area contributed by atoms with Crippen molar-refractivity contribution in [2.75, 3.05) is 13.1 Å². The van der Waals surface area contributed by atoms with E-state index in [0.717, 1.165) is 35.5 Å². The fraction of sp³-hybridized carbons (Fsp3) is 0.318. The first kappa shape index (κ1) is 24.9. The van der Waals surface area contributed by atoms with Crippen LogP contribution in [-0.4, -0.2) is 18.0 Å². The molecule has 0 saturated carbocycles. The summed E-state index contributed by atoms with van der Waals surface area (Å²) in [5.41, 5.74) is 4.33. The van der Waals surface area contributed by atoms with Crippen molar-refractivity contribution in [1.82, 2.24) is 4.90 Å². The largest absolute Gasteiger partial charge is 2.00 e. The van der Waals surface area contributed by atoms with Crippen LogP contribution < -0.4 is 5.11 Å². The number of hydrogen-bond acceptors (Lipinski definition) is 4. The van der Waals surface area contributed by atoms with Gasteiger partial charge >= 0.3 is 21.1 Å². The molecule has 0 aromatic heterocycles. The van der Waals surface area contributed by atoms with Crippen molar-refractivity contribution in [2.45, 2.75) is 34.6 Å². The van der Waals surface area contributed by atoms with Crippen LogP contribution in [0.1, 0.15) is 30.5 Å². The first-order valence-electron chi connectivity index (χ1n) is 8.88. The van der Waals surface area contributed by atoms with Gasteiger partial charge in [0.25, 0.3) is 0 Å². The topological polar surface area (TPSA) is 51.0 Å². The van der Waals surface area contributed by atoms with Crippen molar-refractivity contribution < 1.29 is 26.2 Å². The Kier molecular flexibility index (Phi) is 12.2. The van der Waals surface area contributed by atoms with Gasteiger partial charge in [-0.05, 0) is 70.5 Å². The van der Waals surface area contributed by atoms with Crippen LogP contribution in [0.15, 0.2) is 58.9 Å². The number of rotatable bonds is 5. The zero-order chi connectivity index (χ0) is 19.5. The van der Waals surface area contributed by atoms with Gasteiger partial charge in [0.15, 0.2) is 0 Å². The SMILES string of the molecule is Cc1ccc([O-])c(N=Nc2c(C)cccc2C)c1.[CH2-]/C=C\N(CC)CC.[Pt+2]. The summed E-state index contributed by atoms with van der Waals surface area (Å²) in [5.74, 6) is -0.101. The molecule has 0 amide bonds. The maximum absolute atomic E-state index is 11.6. The van der Waals surface area contributed by atoms with Gasteiger partial charge in [-0.15, -0.1) is 6.20 Å². The second-order valence-corrected chi connectivity index (χ2v) is 6.02. The summed E-state index contributed by atoms with van der Waals surface area (Å²) in [4.78, 5) is 2.19. The molecular formula is C22H29N3OPt. The molecule has 0 N–H and O–H groups in total. The Morgan fingerprint density at radius 1 is 1.00 bits per heavy atom. The molecule has 0 fully saturated rings. The van der Waals surface area contributed by atoms with Crippen LogP contribution in [0.25, 0.3) is 0 Å². The van der Waals surface area contributed by atoms with Gasteiger partial charge < -0.3 is 10.0 Å². The number of benzene rings is 2. The minimum atomic E-state index is -0.101. The van der Waals surface area contributed by atoms with Crippen LogP contribution >= 0.6 is 0 Å². The van der Waals surface area contributed by atoms with Crippen molar-refractivity contribution in [3.05, 3.63) is 72.3 Å². The molecule has 5 heteroatoms. The van der Waals surface area contributed by atoms with Crippen LogP contribution in [0.3, 0.4) is 0 Å². The third-order valence-corrected chi connectivity index (χ3v) is 3.94. The summed E-state index contributed by atoms with van der Waals surface area (Å²) < 4.78 is 0. The third kappa shape index (κ3) is 8.44. The molecule has 0 spiro atoms. The quantitative estimate of drug-likeness (QED) is 0.353. The molecule has 0 unspecified atom stereocenters. The van der Waals surface area contributed by atoms with Crippen LogP contribution in [0.5, 0.6) is 5.75 Å². The van der Waals surface area contributed by atoms with Gasteiger partial charge in [-0.3, -0.25) is 0 Å². The maximum atomic E-state index is 11.6. The van der Waals surface area contributed by atoms with Crippen molar-refractivity contribution in [3.63, 3.8) is 0 Å². The predicted octanol–water partition coefficient (Wildman–Crippen LogP) is 5.77. The summed E-state index contributed by atoms with van der Waals surface area (Å²) in [6.07, 6.45) is 3.81. The standard InChI is InChI=1S/C15H16N2O.C7H14N.Pt/c1-10-7-8-14(18)13(9-10)16-17-15-11(2)5-4-6-12(15)3;1-4-7-8(5-2)6-3;/h4-9,18H,1-3H3;4,7H,1,5-6H2,2-3H3;/q;-1;+2/p-1/b;7-4-;. The minimum absolute atomic E-state index is 0. The molecule has 0 heterocycles. The molecule has 0 saturated heterocycles. The van der Waals surface area contributed by atoms with E-state index in [1.807, 2.05) is 51.2 Å². The van der Waals surface area contributed by atoms with Gasteiger partial charge in [0, 0.05) is 0 Å². The first-order chi connectivity index (χ1) is 12.4. The average molecular weight is 547 g/mol. The molecule has 4 nitrogen and oxygen atoms in total. The molecule has 2 aromatic rings. The van der Waals surface area contributed by atoms with E-state index in [1.54, 1.807) is 12.1 Å². The van der Waals surface area contributed by atoms with E-state index in [9.17, 15) is 5.11 Å². The number of allylic oxidation sites excluding steroid dienone is 1. The second-order valence-electron chi connectivity index (χ2n) is 6.02. The summed E-state index contributed by atoms with van der Waals surface area (Å²) in [7, 11) is 0. The van der Waals surface area contributed by atoms with Gasteiger partial charge in [-0.25, -0.2) is 13.0 Å². The Labute approximate surface area is 178 Å². The molecule has 0 bridgehead atoms. The number of aryl methyl sites for hydroxylation is 3. The molecule has 0 aliphatic heterocycles. The molecule has 2 aromatic carbocycles. The second kappa shape index (κ2) is 13.2. The Morgan fingerprint density at radius 2 is 1.59 bits per heavy atom. The van der Waals surface area contributed by atoms with Gasteiger partial charge in [-0.2, -0.15) is 10.2 Å². The van der Waals surface area contributed by atoms with E-state index < -0.39 is 0 Å². The monoisotopic (exact) mass is 546 g/mol. The van der Waals surface area contributed by atoms with E-state index in [4.69, 9.17) is 0 Å². The molecule has 0 radical (unpaired) electrons. The normalized spacial score (nSPS) is 10.4. The van der Waals surface area contributed by atoms with E-state index in [0.29, 0.717) is 5.69 Å². The smallest absolute Gasteiger partial charge is 0.871 e. The maximum Gasteiger partial charge on any atom is 2.00 e. The number of azo groups is 1. The Hall–Kier alpha value is -2.06. The Bertz CT molecular complexity index is 733. The van der Waals surface area contributed by atoms with Crippen molar-refractivity contribution in [3.8, 4) is 5.75 Å². The molecule has 0 atom stereocenters. The molecule has 148 valence electrons. The van der Waals surface area contributed by atoms with Gasteiger partial charge in [0.2, 0.25) is 0 Å². The molecule has 0 aliphatic carbocycles. The Morgan fingerprint density at radius 3 is 2.07 bits per heavy atom. The van der Waals surface area contributed by atoms with Crippen LogP contribution in [0, 0.1) is 27.7 Å². The third-order valence-electron chi connectivity index (χ3n) is 3.94. The zero-order valence-corrected chi connectivity index (χ0v) is 19.1. The Balaban J connectivity index is 0.000000645. The summed E-state index contributed by atoms with van der Waals surface area (Å²) >= 11 is 0. The van der Waals surface area contributed by atoms with Gasteiger partial charge in [-0.1, -0.05) is 36.1 Å². The number of hydrogen-bond donors (Lipinski definition) is 0. The summed E-state index contributed by atoms with van der Waals surface area (Å²) in [6.45, 7) is 15.9. The molecule has 2 rings (SSSR count). The number of nitrogens with zero attached hydrogens (tertiary/aromatic N) is 3. The summed E-state index contributed by atoms with van der Waals surface area (Å²) in [6, 6.07) is 11.0. The van der Waals surface area contributed by atoms with Crippen molar-refractivity contribution >= 4 is 11.4 Å². The molecule has 27 heavy (non-hydrogen) atoms. The van der Waals surface area contributed by atoms with Crippen LogP contribution in [0.4, 0.5) is 11.4 Å². The summed E-state index contributed by atoms with van der Waals surface area (Å²) in [5, 5.41) is 19.9. The average Bonchev–Trinajstić information content (AvgIpc) is 2.62. The predicted molar refractivity (Wildman–Crippen MR) is 108 cm³/mol. The van der Waals surface area contributed by atoms with E-state index >= 15 is 0 Å². The zero-order valence-electron chi connectivity index (χ0n) is 16.8. The van der Waals surface area contributed by atoms with Crippen LogP contribution in [0.2, 0.25) is 0 Å². The van der Waals surface area contributed by atoms with Gasteiger partial charge in [0.05, 0.1) is 11.4 Å². The first-order valence-corrected chi connectivity index (χ1v) is 8.88. The van der Waals surface area contributed by atoms with Crippen LogP contribution in [-0.2, 0) is 21.1 Å². The van der Waals surface area contributed by atoms with Crippen molar-refractivity contribution in [1.29, 1.82) is 0 Å². The molecular weight excluding hydrogens is 517 g/mol. The van der Waals surface area contributed by atoms with Crippen molar-refractivity contribution in [2.24, 2.45) is 10.2 Å². The fourth-order valence-electron chi connectivity index (χ4n) is 2.36. The van der Waals surface area contributed by atoms with Gasteiger partial charge in [0.1, 0.15) is 0 Å². The van der Waals surface area contributed by atoms with E-state index in [-0.39, 0.29) is 26.8 Å². The minimum Gasteiger partial charge on any atom is -0.871 e. The van der Waals surface area contributed by atoms with E-state index in [2.05, 4.69) is 35.9 Å². The van der Waals surface area contributed by atoms with E-state index in [1.165, 1.54) is 6.07 Å².